The van der Waals surface area contributed by atoms with Gasteiger partial charge in [-0.1, -0.05) is 41.5 Å². The van der Waals surface area contributed by atoms with E-state index in [2.05, 4.69) is 71.3 Å². The number of carbonyl (C=O) groups excluding carboxylic acids is 1. The van der Waals surface area contributed by atoms with Crippen molar-refractivity contribution in [1.29, 1.82) is 0 Å². The molecule has 5 rings (SSSR count). The number of aromatic nitrogens is 1. The van der Waals surface area contributed by atoms with Gasteiger partial charge in [-0.2, -0.15) is 0 Å². The van der Waals surface area contributed by atoms with Crippen LogP contribution in [0.1, 0.15) is 75.0 Å². The minimum absolute atomic E-state index is 0.0388. The van der Waals surface area contributed by atoms with Crippen molar-refractivity contribution in [3.63, 3.8) is 0 Å². The summed E-state index contributed by atoms with van der Waals surface area (Å²) < 4.78 is 7.46. The van der Waals surface area contributed by atoms with Crippen LogP contribution in [0.5, 0.6) is 0 Å². The molecule has 7 heteroatoms. The fraction of sp³-hybridized carbons (Fsp3) is 0.469. The summed E-state index contributed by atoms with van der Waals surface area (Å²) in [5, 5.41) is 10.6. The van der Waals surface area contributed by atoms with Gasteiger partial charge in [-0.15, -0.1) is 0 Å². The lowest BCUT2D eigenvalue weighted by molar-refractivity contribution is 0.0622. The number of aryl methyl sites for hydroxylation is 2. The maximum atomic E-state index is 14.7. The third-order valence-corrected chi connectivity index (χ3v) is 15.1. The molecule has 3 heterocycles. The lowest BCUT2D eigenvalue weighted by Crippen LogP contribution is -2.61. The Labute approximate surface area is 233 Å². The highest BCUT2D eigenvalue weighted by Crippen LogP contribution is 2.50. The van der Waals surface area contributed by atoms with Crippen LogP contribution in [-0.4, -0.2) is 42.2 Å². The number of carbonyl (C=O) groups is 1. The van der Waals surface area contributed by atoms with Gasteiger partial charge in [0.05, 0.1) is 17.8 Å². The zero-order valence-electron chi connectivity index (χ0n) is 24.5. The SMILES string of the molecule is Cc1cc2c(cc1C)C(=O)[C@]1(O[Si](C(C)C)(C(C)C)C(C)C)CCN(c3ccc4ncc(CO)cc4c3)C1=N2. The van der Waals surface area contributed by atoms with Gasteiger partial charge in [0.2, 0.25) is 14.1 Å². The Morgan fingerprint density at radius 3 is 2.31 bits per heavy atom. The number of nitrogens with zero attached hydrogens (tertiary/aromatic N) is 3. The molecule has 0 amide bonds. The second kappa shape index (κ2) is 9.95. The molecule has 6 nitrogen and oxygen atoms in total. The highest BCUT2D eigenvalue weighted by Gasteiger charge is 2.60. The first-order valence-corrected chi connectivity index (χ1v) is 16.3. The molecule has 2 aromatic carbocycles. The first-order valence-electron chi connectivity index (χ1n) is 14.2. The zero-order valence-corrected chi connectivity index (χ0v) is 25.5. The monoisotopic (exact) mass is 543 g/mol. The summed E-state index contributed by atoms with van der Waals surface area (Å²) in [5.74, 6) is 0.740. The molecular weight excluding hydrogens is 502 g/mol. The van der Waals surface area contributed by atoms with Crippen molar-refractivity contribution in [2.75, 3.05) is 11.4 Å². The summed E-state index contributed by atoms with van der Waals surface area (Å²) in [4.78, 5) is 26.6. The number of anilines is 1. The fourth-order valence-corrected chi connectivity index (χ4v) is 12.5. The lowest BCUT2D eigenvalue weighted by Gasteiger charge is -2.48. The molecule has 0 bridgehead atoms. The Balaban J connectivity index is 1.71. The van der Waals surface area contributed by atoms with Gasteiger partial charge in [-0.25, -0.2) is 4.99 Å². The number of aliphatic hydroxyl groups is 1. The van der Waals surface area contributed by atoms with Crippen LogP contribution < -0.4 is 4.90 Å². The highest BCUT2D eigenvalue weighted by atomic mass is 28.4. The van der Waals surface area contributed by atoms with E-state index in [1.807, 2.05) is 30.3 Å². The van der Waals surface area contributed by atoms with Crippen molar-refractivity contribution >= 4 is 42.2 Å². The number of hydrogen-bond acceptors (Lipinski definition) is 6. The molecule has 2 aliphatic rings. The molecule has 2 aliphatic heterocycles. The number of fused-ring (bicyclic) bond motifs is 3. The number of Topliss-reactive ketones (excluding diaryl/α,β-unsaturated/α-hetero) is 1. The Hall–Kier alpha value is -2.87. The van der Waals surface area contributed by atoms with Crippen LogP contribution in [0.3, 0.4) is 0 Å². The van der Waals surface area contributed by atoms with E-state index in [1.54, 1.807) is 6.20 Å². The Bertz CT molecular complexity index is 1460. The van der Waals surface area contributed by atoms with E-state index in [1.165, 1.54) is 0 Å². The quantitative estimate of drug-likeness (QED) is 0.314. The summed E-state index contributed by atoms with van der Waals surface area (Å²) in [7, 11) is -2.45. The number of pyridine rings is 1. The van der Waals surface area contributed by atoms with Crippen LogP contribution in [0.2, 0.25) is 16.6 Å². The highest BCUT2D eigenvalue weighted by molar-refractivity contribution is 6.78. The molecule has 1 aromatic heterocycles. The van der Waals surface area contributed by atoms with Gasteiger partial charge in [-0.05, 0) is 83.6 Å². The van der Waals surface area contributed by atoms with Crippen molar-refractivity contribution in [1.82, 2.24) is 4.98 Å². The molecule has 0 aliphatic carbocycles. The van der Waals surface area contributed by atoms with E-state index < -0.39 is 13.9 Å². The zero-order chi connectivity index (χ0) is 28.3. The van der Waals surface area contributed by atoms with Crippen molar-refractivity contribution in [3.8, 4) is 0 Å². The number of rotatable bonds is 7. The number of benzene rings is 2. The molecule has 39 heavy (non-hydrogen) atoms. The van der Waals surface area contributed by atoms with Crippen molar-refractivity contribution in [2.24, 2.45) is 4.99 Å². The van der Waals surface area contributed by atoms with E-state index in [0.717, 1.165) is 39.0 Å². The van der Waals surface area contributed by atoms with E-state index in [0.29, 0.717) is 41.0 Å². The average Bonchev–Trinajstić information content (AvgIpc) is 3.26. The topological polar surface area (TPSA) is 75.0 Å². The van der Waals surface area contributed by atoms with Crippen LogP contribution in [0.4, 0.5) is 11.4 Å². The fourth-order valence-electron chi connectivity index (χ4n) is 6.95. The van der Waals surface area contributed by atoms with Gasteiger partial charge in [0.15, 0.2) is 5.60 Å². The van der Waals surface area contributed by atoms with Crippen molar-refractivity contribution in [3.05, 3.63) is 64.8 Å². The van der Waals surface area contributed by atoms with Crippen molar-refractivity contribution < 1.29 is 14.3 Å². The Morgan fingerprint density at radius 2 is 1.67 bits per heavy atom. The molecule has 206 valence electrons. The number of hydrogen-bond donors (Lipinski definition) is 1. The standard InChI is InChI=1S/C32H41N3O3Si/c1-19(2)39(20(3)4,21(5)6)38-32-11-12-35(26-9-10-28-25(16-26)15-24(18-36)17-33-28)31(32)34-29-14-23(8)22(7)13-27(29)30(32)37/h9-10,13-17,19-21,36H,11-12,18H2,1-8H3/t32-/m1/s1. The smallest absolute Gasteiger partial charge is 0.203 e. The number of aliphatic imine (C=N–C) groups is 1. The van der Waals surface area contributed by atoms with Gasteiger partial charge < -0.3 is 14.4 Å². The minimum Gasteiger partial charge on any atom is -0.397 e. The number of amidine groups is 1. The summed E-state index contributed by atoms with van der Waals surface area (Å²) in [6, 6.07) is 12.1. The van der Waals surface area contributed by atoms with E-state index in [4.69, 9.17) is 9.42 Å². The van der Waals surface area contributed by atoms with E-state index >= 15 is 0 Å². The minimum atomic E-state index is -2.45. The van der Waals surface area contributed by atoms with Gasteiger partial charge in [0, 0.05) is 35.8 Å². The Morgan fingerprint density at radius 1 is 1.00 bits per heavy atom. The molecule has 0 radical (unpaired) electrons. The largest absolute Gasteiger partial charge is 0.397 e. The molecule has 0 unspecified atom stereocenters. The van der Waals surface area contributed by atoms with E-state index in [9.17, 15) is 9.90 Å². The van der Waals surface area contributed by atoms with Crippen LogP contribution in [-0.2, 0) is 11.0 Å². The van der Waals surface area contributed by atoms with Crippen LogP contribution in [0.15, 0.2) is 47.6 Å². The average molecular weight is 544 g/mol. The summed E-state index contributed by atoms with van der Waals surface area (Å²) in [6.07, 6.45) is 2.26. The molecule has 1 N–H and O–H groups in total. The second-order valence-electron chi connectivity index (χ2n) is 12.2. The van der Waals surface area contributed by atoms with Gasteiger partial charge in [-0.3, -0.25) is 9.78 Å². The first-order chi connectivity index (χ1) is 18.4. The van der Waals surface area contributed by atoms with Gasteiger partial charge in [0.25, 0.3) is 0 Å². The van der Waals surface area contributed by atoms with Crippen LogP contribution in [0.25, 0.3) is 10.9 Å². The molecule has 0 spiro atoms. The molecule has 1 saturated heterocycles. The summed E-state index contributed by atoms with van der Waals surface area (Å²) in [5.41, 5.74) is 6.07. The van der Waals surface area contributed by atoms with Crippen molar-refractivity contribution in [2.45, 2.75) is 90.6 Å². The number of ketones is 1. The molecule has 1 atom stereocenters. The normalized spacial score (nSPS) is 19.3. The molecule has 1 fully saturated rings. The predicted molar refractivity (Wildman–Crippen MR) is 162 cm³/mol. The Kier molecular flexibility index (Phi) is 7.06. The molecule has 0 saturated carbocycles. The summed E-state index contributed by atoms with van der Waals surface area (Å²) in [6.45, 7) is 18.3. The first kappa shape index (κ1) is 27.7. The maximum Gasteiger partial charge on any atom is 0.203 e. The van der Waals surface area contributed by atoms with Gasteiger partial charge in [0.1, 0.15) is 5.84 Å². The molecule has 3 aromatic rings. The van der Waals surface area contributed by atoms with E-state index in [-0.39, 0.29) is 12.4 Å². The van der Waals surface area contributed by atoms with Gasteiger partial charge >= 0.3 is 0 Å². The summed E-state index contributed by atoms with van der Waals surface area (Å²) >= 11 is 0. The predicted octanol–water partition coefficient (Wildman–Crippen LogP) is 7.41. The van der Waals surface area contributed by atoms with Crippen LogP contribution >= 0.6 is 0 Å². The third-order valence-electron chi connectivity index (χ3n) is 9.03. The lowest BCUT2D eigenvalue weighted by atomic mass is 9.86. The van der Waals surface area contributed by atoms with Crippen LogP contribution in [0, 0.1) is 13.8 Å². The second-order valence-corrected chi connectivity index (χ2v) is 17.6. The molecular formula is C32H41N3O3Si. The maximum absolute atomic E-state index is 14.7. The number of aliphatic hydroxyl groups excluding tert-OH is 1. The third kappa shape index (κ3) is 4.26.